The highest BCUT2D eigenvalue weighted by Gasteiger charge is 2.19. The fraction of sp³-hybridized carbons (Fsp3) is 0.278. The Morgan fingerprint density at radius 3 is 2.65 bits per heavy atom. The van der Waals surface area contributed by atoms with Crippen molar-refractivity contribution in [3.8, 4) is 17.5 Å². The molecule has 1 aliphatic rings. The van der Waals surface area contributed by atoms with Gasteiger partial charge in [0.25, 0.3) is 0 Å². The number of hydrogen-bond donors (Lipinski definition) is 0. The highest BCUT2D eigenvalue weighted by Crippen LogP contribution is 2.26. The van der Waals surface area contributed by atoms with Crippen molar-refractivity contribution in [3.05, 3.63) is 42.6 Å². The topological polar surface area (TPSA) is 66.0 Å². The standard InChI is InChI=1S/C18H16N4O/c19-11-13-7-9-22(10-8-13)17-6-5-14(12-20-17)18-21-15-3-1-2-4-16(15)23-18/h1-6,12-13H,7-10H2. The van der Waals surface area contributed by atoms with Gasteiger partial charge in [-0.15, -0.1) is 0 Å². The summed E-state index contributed by atoms with van der Waals surface area (Å²) in [5.74, 6) is 1.72. The van der Waals surface area contributed by atoms with Gasteiger partial charge in [-0.1, -0.05) is 12.1 Å². The molecule has 1 aliphatic heterocycles. The van der Waals surface area contributed by atoms with Gasteiger partial charge in [-0.3, -0.25) is 0 Å². The molecule has 0 saturated carbocycles. The third kappa shape index (κ3) is 2.64. The quantitative estimate of drug-likeness (QED) is 0.723. The average molecular weight is 304 g/mol. The van der Waals surface area contributed by atoms with E-state index < -0.39 is 0 Å². The van der Waals surface area contributed by atoms with Gasteiger partial charge in [0.05, 0.1) is 11.6 Å². The van der Waals surface area contributed by atoms with Crippen LogP contribution in [0.1, 0.15) is 12.8 Å². The van der Waals surface area contributed by atoms with Gasteiger partial charge >= 0.3 is 0 Å². The summed E-state index contributed by atoms with van der Waals surface area (Å²) in [5, 5.41) is 8.97. The van der Waals surface area contributed by atoms with E-state index >= 15 is 0 Å². The average Bonchev–Trinajstić information content (AvgIpc) is 3.06. The molecule has 0 unspecified atom stereocenters. The minimum absolute atomic E-state index is 0.185. The Balaban J connectivity index is 1.55. The molecular weight excluding hydrogens is 288 g/mol. The highest BCUT2D eigenvalue weighted by atomic mass is 16.3. The van der Waals surface area contributed by atoms with Crippen LogP contribution >= 0.6 is 0 Å². The first-order valence-electron chi connectivity index (χ1n) is 7.80. The Bertz CT molecular complexity index is 822. The van der Waals surface area contributed by atoms with Crippen LogP contribution in [0.25, 0.3) is 22.6 Å². The summed E-state index contributed by atoms with van der Waals surface area (Å²) in [6, 6.07) is 14.1. The van der Waals surface area contributed by atoms with Gasteiger partial charge in [-0.2, -0.15) is 5.26 Å². The predicted molar refractivity (Wildman–Crippen MR) is 87.8 cm³/mol. The molecule has 5 nitrogen and oxygen atoms in total. The molecule has 1 saturated heterocycles. The number of aromatic nitrogens is 2. The third-order valence-corrected chi connectivity index (χ3v) is 4.29. The van der Waals surface area contributed by atoms with Crippen LogP contribution in [-0.4, -0.2) is 23.1 Å². The van der Waals surface area contributed by atoms with E-state index in [9.17, 15) is 0 Å². The molecule has 0 spiro atoms. The maximum absolute atomic E-state index is 8.97. The lowest BCUT2D eigenvalue weighted by Crippen LogP contribution is -2.33. The Morgan fingerprint density at radius 1 is 1.13 bits per heavy atom. The molecule has 2 aromatic heterocycles. The van der Waals surface area contributed by atoms with E-state index in [0.29, 0.717) is 5.89 Å². The number of hydrogen-bond acceptors (Lipinski definition) is 5. The largest absolute Gasteiger partial charge is 0.436 e. The van der Waals surface area contributed by atoms with E-state index in [2.05, 4.69) is 20.9 Å². The van der Waals surface area contributed by atoms with E-state index in [1.54, 1.807) is 6.20 Å². The monoisotopic (exact) mass is 304 g/mol. The number of benzene rings is 1. The number of piperidine rings is 1. The first kappa shape index (κ1) is 13.8. The number of nitrogens with zero attached hydrogens (tertiary/aromatic N) is 4. The van der Waals surface area contributed by atoms with E-state index in [1.807, 2.05) is 36.4 Å². The van der Waals surface area contributed by atoms with Crippen molar-refractivity contribution in [2.24, 2.45) is 5.92 Å². The molecular formula is C18H16N4O. The summed E-state index contributed by atoms with van der Waals surface area (Å²) >= 11 is 0. The number of anilines is 1. The summed E-state index contributed by atoms with van der Waals surface area (Å²) < 4.78 is 5.77. The number of para-hydroxylation sites is 2. The zero-order chi connectivity index (χ0) is 15.6. The van der Waals surface area contributed by atoms with Gasteiger partial charge in [-0.25, -0.2) is 9.97 Å². The lowest BCUT2D eigenvalue weighted by atomic mass is 9.99. The van der Waals surface area contributed by atoms with Crippen molar-refractivity contribution in [1.29, 1.82) is 5.26 Å². The maximum atomic E-state index is 8.97. The van der Waals surface area contributed by atoms with Crippen LogP contribution < -0.4 is 4.90 Å². The number of fused-ring (bicyclic) bond motifs is 1. The number of pyridine rings is 1. The van der Waals surface area contributed by atoms with Crippen molar-refractivity contribution < 1.29 is 4.42 Å². The van der Waals surface area contributed by atoms with Crippen molar-refractivity contribution >= 4 is 16.9 Å². The zero-order valence-electron chi connectivity index (χ0n) is 12.6. The Labute approximate surface area is 134 Å². The molecule has 23 heavy (non-hydrogen) atoms. The molecule has 0 N–H and O–H groups in total. The summed E-state index contributed by atoms with van der Waals surface area (Å²) in [6.07, 6.45) is 3.62. The van der Waals surface area contributed by atoms with Crippen LogP contribution in [0.2, 0.25) is 0 Å². The molecule has 3 aromatic rings. The minimum atomic E-state index is 0.185. The van der Waals surface area contributed by atoms with Crippen molar-refractivity contribution in [3.63, 3.8) is 0 Å². The molecule has 0 bridgehead atoms. The first-order chi connectivity index (χ1) is 11.3. The predicted octanol–water partition coefficient (Wildman–Crippen LogP) is 3.63. The highest BCUT2D eigenvalue weighted by molar-refractivity contribution is 5.75. The maximum Gasteiger partial charge on any atom is 0.228 e. The molecule has 0 aliphatic carbocycles. The van der Waals surface area contributed by atoms with Crippen LogP contribution in [0.5, 0.6) is 0 Å². The van der Waals surface area contributed by atoms with Gasteiger partial charge in [-0.05, 0) is 37.1 Å². The molecule has 114 valence electrons. The molecule has 3 heterocycles. The van der Waals surface area contributed by atoms with Gasteiger partial charge in [0.15, 0.2) is 5.58 Å². The molecule has 0 radical (unpaired) electrons. The number of rotatable bonds is 2. The van der Waals surface area contributed by atoms with E-state index in [0.717, 1.165) is 48.4 Å². The van der Waals surface area contributed by atoms with Gasteiger partial charge in [0.1, 0.15) is 11.3 Å². The molecule has 0 amide bonds. The summed E-state index contributed by atoms with van der Waals surface area (Å²) in [7, 11) is 0. The summed E-state index contributed by atoms with van der Waals surface area (Å²) in [6.45, 7) is 1.76. The zero-order valence-corrected chi connectivity index (χ0v) is 12.6. The second kappa shape index (κ2) is 5.73. The SMILES string of the molecule is N#CC1CCN(c2ccc(-c3nc4ccccc4o3)cn2)CC1. The Kier molecular flexibility index (Phi) is 3.43. The molecule has 1 fully saturated rings. The lowest BCUT2D eigenvalue weighted by molar-refractivity contribution is 0.485. The Hall–Kier alpha value is -2.87. The lowest BCUT2D eigenvalue weighted by Gasteiger charge is -2.30. The molecule has 1 aromatic carbocycles. The normalized spacial score (nSPS) is 15.7. The fourth-order valence-electron chi connectivity index (χ4n) is 2.93. The second-order valence-electron chi connectivity index (χ2n) is 5.78. The van der Waals surface area contributed by atoms with Crippen LogP contribution in [-0.2, 0) is 0 Å². The molecule has 4 rings (SSSR count). The molecule has 5 heteroatoms. The van der Waals surface area contributed by atoms with Crippen molar-refractivity contribution in [2.45, 2.75) is 12.8 Å². The second-order valence-corrected chi connectivity index (χ2v) is 5.78. The van der Waals surface area contributed by atoms with E-state index in [-0.39, 0.29) is 5.92 Å². The Morgan fingerprint density at radius 2 is 1.96 bits per heavy atom. The smallest absolute Gasteiger partial charge is 0.228 e. The third-order valence-electron chi connectivity index (χ3n) is 4.29. The van der Waals surface area contributed by atoms with Crippen LogP contribution in [0.4, 0.5) is 5.82 Å². The van der Waals surface area contributed by atoms with Gasteiger partial charge < -0.3 is 9.32 Å². The van der Waals surface area contributed by atoms with E-state index in [4.69, 9.17) is 9.68 Å². The van der Waals surface area contributed by atoms with Crippen molar-refractivity contribution in [2.75, 3.05) is 18.0 Å². The summed E-state index contributed by atoms with van der Waals surface area (Å²) in [5.41, 5.74) is 2.51. The van der Waals surface area contributed by atoms with Gasteiger partial charge in [0, 0.05) is 25.2 Å². The molecule has 0 atom stereocenters. The van der Waals surface area contributed by atoms with Crippen LogP contribution in [0, 0.1) is 17.2 Å². The van der Waals surface area contributed by atoms with Crippen LogP contribution in [0.15, 0.2) is 47.0 Å². The number of oxazole rings is 1. The minimum Gasteiger partial charge on any atom is -0.436 e. The van der Waals surface area contributed by atoms with E-state index in [1.165, 1.54) is 0 Å². The van der Waals surface area contributed by atoms with Gasteiger partial charge in [0.2, 0.25) is 5.89 Å². The number of nitriles is 1. The van der Waals surface area contributed by atoms with Crippen LogP contribution in [0.3, 0.4) is 0 Å². The first-order valence-corrected chi connectivity index (χ1v) is 7.80. The van der Waals surface area contributed by atoms with Crippen molar-refractivity contribution in [1.82, 2.24) is 9.97 Å². The fourth-order valence-corrected chi connectivity index (χ4v) is 2.93. The summed E-state index contributed by atoms with van der Waals surface area (Å²) in [4.78, 5) is 11.3.